The van der Waals surface area contributed by atoms with Crippen molar-refractivity contribution in [2.24, 2.45) is 0 Å². The van der Waals surface area contributed by atoms with E-state index in [9.17, 15) is 5.11 Å². The second-order valence-electron chi connectivity index (χ2n) is 12.0. The maximum atomic E-state index is 11.6. The number of hydrogen-bond acceptors (Lipinski definition) is 4. The molecular formula is C44H28N3OPt-. The monoisotopic (exact) mass is 809 g/mol. The number of rotatable bonds is 5. The molecule has 6 aromatic carbocycles. The molecule has 0 fully saturated rings. The Hall–Kier alpha value is -5.70. The van der Waals surface area contributed by atoms with Gasteiger partial charge in [0, 0.05) is 32.2 Å². The van der Waals surface area contributed by atoms with E-state index < -0.39 is 5.41 Å². The summed E-state index contributed by atoms with van der Waals surface area (Å²) in [4.78, 5) is 14.7. The van der Waals surface area contributed by atoms with Crippen molar-refractivity contribution in [3.8, 4) is 50.5 Å². The first kappa shape index (κ1) is 30.6. The van der Waals surface area contributed by atoms with Crippen LogP contribution in [0.4, 0.5) is 0 Å². The van der Waals surface area contributed by atoms with E-state index in [1.165, 1.54) is 11.1 Å². The Balaban J connectivity index is 0.00000348. The van der Waals surface area contributed by atoms with Gasteiger partial charge in [-0.05, 0) is 63.2 Å². The normalized spacial score (nSPS) is 12.6. The molecule has 0 radical (unpaired) electrons. The van der Waals surface area contributed by atoms with Crippen LogP contribution in [0.15, 0.2) is 164 Å². The minimum atomic E-state index is -0.783. The predicted octanol–water partition coefficient (Wildman–Crippen LogP) is 9.89. The average molecular weight is 810 g/mol. The van der Waals surface area contributed by atoms with Crippen molar-refractivity contribution in [2.45, 2.75) is 5.41 Å². The van der Waals surface area contributed by atoms with Crippen molar-refractivity contribution in [2.75, 3.05) is 0 Å². The molecule has 0 bridgehead atoms. The molecule has 1 aliphatic carbocycles. The molecule has 1 N–H and O–H groups in total. The number of aromatic hydroxyl groups is 1. The second kappa shape index (κ2) is 12.4. The first-order chi connectivity index (χ1) is 23.7. The molecule has 0 saturated carbocycles. The Morgan fingerprint density at radius 2 is 1.16 bits per heavy atom. The van der Waals surface area contributed by atoms with Crippen molar-refractivity contribution in [1.29, 1.82) is 0 Å². The van der Waals surface area contributed by atoms with Crippen LogP contribution in [-0.4, -0.2) is 20.1 Å². The fourth-order valence-corrected chi connectivity index (χ4v) is 7.38. The molecule has 49 heavy (non-hydrogen) atoms. The van der Waals surface area contributed by atoms with Crippen molar-refractivity contribution in [3.05, 3.63) is 193 Å². The van der Waals surface area contributed by atoms with Gasteiger partial charge in [-0.2, -0.15) is 0 Å². The maximum absolute atomic E-state index is 11.6. The third-order valence-corrected chi connectivity index (χ3v) is 9.48. The fraction of sp³-hybridized carbons (Fsp3) is 0.0227. The number of hydrogen-bond donors (Lipinski definition) is 1. The summed E-state index contributed by atoms with van der Waals surface area (Å²) in [7, 11) is 0. The standard InChI is InChI=1S/C44H28N3O.Pt/c48-43-32(29-13-2-1-3-14-29)20-11-21-36(43)40-25-12-26-41(47-40)44(37-22-7-4-17-33(37)34-18-5-8-23-38(34)44)31-16-10-15-30(27-31)42-35-19-6-9-24-39(35)45-28-46-42;/h1-26,28,48H;/q-1;. The van der Waals surface area contributed by atoms with E-state index in [1.807, 2.05) is 78.9 Å². The third-order valence-electron chi connectivity index (χ3n) is 9.48. The zero-order chi connectivity index (χ0) is 32.1. The number of fused-ring (bicyclic) bond motifs is 4. The van der Waals surface area contributed by atoms with Gasteiger partial charge in [0.1, 0.15) is 12.1 Å². The molecule has 2 aromatic heterocycles. The summed E-state index contributed by atoms with van der Waals surface area (Å²) in [6.07, 6.45) is 1.62. The molecular weight excluding hydrogens is 782 g/mol. The van der Waals surface area contributed by atoms with E-state index in [0.29, 0.717) is 11.3 Å². The molecule has 5 heteroatoms. The second-order valence-corrected chi connectivity index (χ2v) is 12.0. The van der Waals surface area contributed by atoms with Crippen molar-refractivity contribution >= 4 is 10.9 Å². The van der Waals surface area contributed by atoms with Crippen LogP contribution in [-0.2, 0) is 26.5 Å². The molecule has 236 valence electrons. The number of nitrogens with zero attached hydrogens (tertiary/aromatic N) is 3. The summed E-state index contributed by atoms with van der Waals surface area (Å²) in [5.74, 6) is 0.207. The Labute approximate surface area is 299 Å². The van der Waals surface area contributed by atoms with E-state index in [1.54, 1.807) is 6.33 Å². The summed E-state index contributed by atoms with van der Waals surface area (Å²) >= 11 is 0. The minimum Gasteiger partial charge on any atom is -0.507 e. The van der Waals surface area contributed by atoms with Crippen LogP contribution in [0.3, 0.4) is 0 Å². The van der Waals surface area contributed by atoms with Crippen molar-refractivity contribution in [1.82, 2.24) is 15.0 Å². The molecule has 0 unspecified atom stereocenters. The molecule has 0 atom stereocenters. The van der Waals surface area contributed by atoms with Crippen LogP contribution in [0.2, 0.25) is 0 Å². The Morgan fingerprint density at radius 1 is 0.531 bits per heavy atom. The third kappa shape index (κ3) is 4.83. The quantitative estimate of drug-likeness (QED) is 0.176. The van der Waals surface area contributed by atoms with Crippen LogP contribution in [0.1, 0.15) is 22.4 Å². The van der Waals surface area contributed by atoms with Crippen LogP contribution in [0.25, 0.3) is 55.7 Å². The van der Waals surface area contributed by atoms with Gasteiger partial charge in [0.25, 0.3) is 0 Å². The number of benzene rings is 6. The van der Waals surface area contributed by atoms with Crippen LogP contribution in [0, 0.1) is 6.07 Å². The zero-order valence-corrected chi connectivity index (χ0v) is 28.5. The summed E-state index contributed by atoms with van der Waals surface area (Å²) in [5, 5.41) is 12.6. The van der Waals surface area contributed by atoms with Crippen molar-refractivity contribution in [3.63, 3.8) is 0 Å². The summed E-state index contributed by atoms with van der Waals surface area (Å²) in [5.41, 5.74) is 11.3. The van der Waals surface area contributed by atoms with Gasteiger partial charge in [-0.3, -0.25) is 9.97 Å². The Morgan fingerprint density at radius 3 is 1.96 bits per heavy atom. The smallest absolute Gasteiger partial charge is 0.132 e. The van der Waals surface area contributed by atoms with Gasteiger partial charge in [0.15, 0.2) is 0 Å². The van der Waals surface area contributed by atoms with Gasteiger partial charge in [-0.1, -0.05) is 115 Å². The first-order valence-electron chi connectivity index (χ1n) is 16.0. The van der Waals surface area contributed by atoms with E-state index in [0.717, 1.165) is 55.7 Å². The summed E-state index contributed by atoms with van der Waals surface area (Å²) in [6, 6.07) is 57.3. The molecule has 0 amide bonds. The largest absolute Gasteiger partial charge is 0.507 e. The Bertz CT molecular complexity index is 2440. The Kier molecular flexibility index (Phi) is 7.74. The molecule has 0 spiro atoms. The summed E-state index contributed by atoms with van der Waals surface area (Å²) in [6.45, 7) is 0. The van der Waals surface area contributed by atoms with Gasteiger partial charge >= 0.3 is 0 Å². The number of phenolic OH excluding ortho intramolecular Hbond substituents is 1. The summed E-state index contributed by atoms with van der Waals surface area (Å²) < 4.78 is 0. The SMILES string of the molecule is Oc1c(-c2ccccc2)cccc1-c1cccc(C2(c3[c-]c(-c4ncnc5ccccc45)ccc3)c3ccccc3-c3ccccc32)n1.[Pt]. The predicted molar refractivity (Wildman–Crippen MR) is 191 cm³/mol. The maximum Gasteiger partial charge on any atom is 0.132 e. The van der Waals surface area contributed by atoms with Crippen molar-refractivity contribution < 1.29 is 26.2 Å². The van der Waals surface area contributed by atoms with Gasteiger partial charge < -0.3 is 5.11 Å². The number of para-hydroxylation sites is 2. The van der Waals surface area contributed by atoms with Crippen LogP contribution >= 0.6 is 0 Å². The molecule has 1 aliphatic rings. The number of phenols is 1. The first-order valence-corrected chi connectivity index (χ1v) is 16.0. The van der Waals surface area contributed by atoms with E-state index in [4.69, 9.17) is 9.97 Å². The number of pyridine rings is 1. The fourth-order valence-electron chi connectivity index (χ4n) is 7.38. The van der Waals surface area contributed by atoms with Gasteiger partial charge in [0.2, 0.25) is 0 Å². The molecule has 2 heterocycles. The molecule has 4 nitrogen and oxygen atoms in total. The van der Waals surface area contributed by atoms with E-state index in [2.05, 4.69) is 89.9 Å². The number of aromatic nitrogens is 3. The van der Waals surface area contributed by atoms with Gasteiger partial charge in [-0.25, -0.2) is 4.98 Å². The molecule has 0 aliphatic heterocycles. The molecule has 0 saturated heterocycles. The van der Waals surface area contributed by atoms with Crippen LogP contribution < -0.4 is 0 Å². The average Bonchev–Trinajstić information content (AvgIpc) is 3.46. The topological polar surface area (TPSA) is 58.9 Å². The zero-order valence-electron chi connectivity index (χ0n) is 26.2. The van der Waals surface area contributed by atoms with Crippen LogP contribution in [0.5, 0.6) is 5.75 Å². The van der Waals surface area contributed by atoms with Gasteiger partial charge in [0.05, 0.1) is 22.3 Å². The van der Waals surface area contributed by atoms with E-state index >= 15 is 0 Å². The minimum absolute atomic E-state index is 0. The molecule has 8 aromatic rings. The van der Waals surface area contributed by atoms with E-state index in [-0.39, 0.29) is 26.8 Å². The molecule has 9 rings (SSSR count). The van der Waals surface area contributed by atoms with Gasteiger partial charge in [-0.15, -0.1) is 35.4 Å².